The molecule has 3 rings (SSSR count). The van der Waals surface area contributed by atoms with E-state index in [1.165, 1.54) is 42.4 Å². The van der Waals surface area contributed by atoms with Gasteiger partial charge in [-0.05, 0) is 72.6 Å². The minimum Gasteiger partial charge on any atom is -0.0653 e. The Hall–Kier alpha value is -1.56. The monoisotopic (exact) mass is 334 g/mol. The van der Waals surface area contributed by atoms with Gasteiger partial charge in [-0.3, -0.25) is 0 Å². The highest BCUT2D eigenvalue weighted by Gasteiger charge is 2.42. The van der Waals surface area contributed by atoms with Gasteiger partial charge in [0.05, 0.1) is 0 Å². The van der Waals surface area contributed by atoms with Crippen LogP contribution in [-0.2, 0) is 0 Å². The summed E-state index contributed by atoms with van der Waals surface area (Å²) < 4.78 is 0. The molecule has 0 N–H and O–H groups in total. The van der Waals surface area contributed by atoms with Gasteiger partial charge in [0, 0.05) is 11.3 Å². The molecule has 1 unspecified atom stereocenters. The molecular weight excluding hydrogens is 300 g/mol. The molecule has 0 heteroatoms. The van der Waals surface area contributed by atoms with Gasteiger partial charge in [0.1, 0.15) is 0 Å². The second-order valence-corrected chi connectivity index (χ2v) is 8.45. The van der Waals surface area contributed by atoms with Gasteiger partial charge >= 0.3 is 0 Å². The number of benzene rings is 1. The average Bonchev–Trinajstić information content (AvgIpc) is 2.95. The third-order valence-electron chi connectivity index (χ3n) is 6.74. The van der Waals surface area contributed by atoms with E-state index in [4.69, 9.17) is 0 Å². The maximum Gasteiger partial charge on any atom is 0.0114 e. The van der Waals surface area contributed by atoms with Crippen LogP contribution in [0.25, 0.3) is 5.57 Å². The molecule has 0 amide bonds. The Bertz CT molecular complexity index is 780. The van der Waals surface area contributed by atoms with Crippen LogP contribution < -0.4 is 0 Å². The van der Waals surface area contributed by atoms with Crippen molar-refractivity contribution in [3.63, 3.8) is 0 Å². The van der Waals surface area contributed by atoms with Crippen molar-refractivity contribution < 1.29 is 0 Å². The van der Waals surface area contributed by atoms with Crippen LogP contribution in [-0.4, -0.2) is 0 Å². The van der Waals surface area contributed by atoms with Crippen LogP contribution in [0, 0.1) is 5.41 Å². The number of allylic oxidation sites excluding steroid dienone is 6. The van der Waals surface area contributed by atoms with E-state index < -0.39 is 0 Å². The zero-order chi connectivity index (χ0) is 18.4. The van der Waals surface area contributed by atoms with Gasteiger partial charge in [-0.1, -0.05) is 70.4 Å². The molecule has 0 saturated carbocycles. The van der Waals surface area contributed by atoms with E-state index in [1.807, 2.05) is 0 Å². The van der Waals surface area contributed by atoms with Crippen LogP contribution in [0.1, 0.15) is 91.2 Å². The number of rotatable bonds is 5. The Morgan fingerprint density at radius 1 is 0.920 bits per heavy atom. The van der Waals surface area contributed by atoms with Crippen molar-refractivity contribution in [2.24, 2.45) is 5.41 Å². The zero-order valence-corrected chi connectivity index (χ0v) is 17.2. The highest BCUT2D eigenvalue weighted by molar-refractivity contribution is 5.84. The van der Waals surface area contributed by atoms with Crippen molar-refractivity contribution in [3.05, 3.63) is 63.3 Å². The summed E-state index contributed by atoms with van der Waals surface area (Å²) in [5, 5.41) is 0. The van der Waals surface area contributed by atoms with E-state index in [-0.39, 0.29) is 5.41 Å². The van der Waals surface area contributed by atoms with E-state index in [2.05, 4.69) is 72.7 Å². The molecule has 0 heterocycles. The molecule has 25 heavy (non-hydrogen) atoms. The lowest BCUT2D eigenvalue weighted by atomic mass is 9.73. The molecule has 0 radical (unpaired) electrons. The fraction of sp³-hybridized carbons (Fsp3) is 0.520. The number of hydrogen-bond donors (Lipinski definition) is 0. The predicted molar refractivity (Wildman–Crippen MR) is 111 cm³/mol. The Labute approximate surface area is 154 Å². The molecule has 2 aliphatic rings. The van der Waals surface area contributed by atoms with Crippen LogP contribution in [0.15, 0.2) is 52.1 Å². The third-order valence-corrected chi connectivity index (χ3v) is 6.74. The fourth-order valence-electron chi connectivity index (χ4n) is 5.15. The molecule has 134 valence electrons. The summed E-state index contributed by atoms with van der Waals surface area (Å²) in [5.41, 5.74) is 12.8. The van der Waals surface area contributed by atoms with E-state index >= 15 is 0 Å². The summed E-state index contributed by atoms with van der Waals surface area (Å²) in [6.07, 6.45) is 4.90. The van der Waals surface area contributed by atoms with Crippen molar-refractivity contribution in [1.29, 1.82) is 0 Å². The lowest BCUT2D eigenvalue weighted by Crippen LogP contribution is -2.18. The summed E-state index contributed by atoms with van der Waals surface area (Å²) >= 11 is 0. The molecule has 0 nitrogen and oxygen atoms in total. The van der Waals surface area contributed by atoms with Gasteiger partial charge in [0.25, 0.3) is 0 Å². The molecule has 2 aliphatic carbocycles. The van der Waals surface area contributed by atoms with Gasteiger partial charge < -0.3 is 0 Å². The van der Waals surface area contributed by atoms with Crippen molar-refractivity contribution in [2.45, 2.75) is 80.1 Å². The average molecular weight is 335 g/mol. The van der Waals surface area contributed by atoms with Crippen LogP contribution in [0.2, 0.25) is 0 Å². The molecule has 0 fully saturated rings. The van der Waals surface area contributed by atoms with E-state index in [0.717, 1.165) is 0 Å². The maximum atomic E-state index is 2.43. The SMILES string of the molecule is CCCC1=C(C2=C(C)C(C)=C(C)C2(C)C)C(CCC)c2ccccc21. The second-order valence-electron chi connectivity index (χ2n) is 8.45. The summed E-state index contributed by atoms with van der Waals surface area (Å²) in [6, 6.07) is 9.18. The standard InChI is InChI=1S/C25H34/c1-8-12-21-19-14-10-11-15-20(19)22(13-9-2)23(21)24-17(4)16(3)18(5)25(24,6)7/h10-11,14-15,21H,8-9,12-13H2,1-7H3. The molecule has 1 aromatic rings. The highest BCUT2D eigenvalue weighted by atomic mass is 14.5. The van der Waals surface area contributed by atoms with E-state index in [0.29, 0.717) is 5.92 Å². The van der Waals surface area contributed by atoms with Crippen molar-refractivity contribution in [1.82, 2.24) is 0 Å². The minimum atomic E-state index is 0.149. The third kappa shape index (κ3) is 2.65. The first-order valence-electron chi connectivity index (χ1n) is 10.1. The smallest absolute Gasteiger partial charge is 0.0114 e. The summed E-state index contributed by atoms with van der Waals surface area (Å²) in [7, 11) is 0. The van der Waals surface area contributed by atoms with Crippen LogP contribution >= 0.6 is 0 Å². The lowest BCUT2D eigenvalue weighted by Gasteiger charge is -2.31. The highest BCUT2D eigenvalue weighted by Crippen LogP contribution is 2.58. The zero-order valence-electron chi connectivity index (χ0n) is 17.2. The largest absolute Gasteiger partial charge is 0.0653 e. The molecule has 0 aromatic heterocycles. The molecule has 0 saturated heterocycles. The molecule has 0 bridgehead atoms. The summed E-state index contributed by atoms with van der Waals surface area (Å²) in [6.45, 7) is 16.5. The Balaban J connectivity index is 2.27. The first-order chi connectivity index (χ1) is 11.9. The molecule has 0 spiro atoms. The summed E-state index contributed by atoms with van der Waals surface area (Å²) in [5.74, 6) is 0.575. The van der Waals surface area contributed by atoms with E-state index in [1.54, 1.807) is 27.9 Å². The van der Waals surface area contributed by atoms with Gasteiger partial charge in [0.15, 0.2) is 0 Å². The lowest BCUT2D eigenvalue weighted by molar-refractivity contribution is 0.539. The van der Waals surface area contributed by atoms with E-state index in [9.17, 15) is 0 Å². The molecule has 1 aromatic carbocycles. The molecular formula is C25H34. The maximum absolute atomic E-state index is 2.43. The quantitative estimate of drug-likeness (QED) is 0.514. The van der Waals surface area contributed by atoms with Gasteiger partial charge in [-0.15, -0.1) is 0 Å². The summed E-state index contributed by atoms with van der Waals surface area (Å²) in [4.78, 5) is 0. The normalized spacial score (nSPS) is 22.3. The predicted octanol–water partition coefficient (Wildman–Crippen LogP) is 7.83. The fourth-order valence-corrected chi connectivity index (χ4v) is 5.15. The van der Waals surface area contributed by atoms with Gasteiger partial charge in [0.2, 0.25) is 0 Å². The Kier molecular flexibility index (Phi) is 4.84. The van der Waals surface area contributed by atoms with Crippen LogP contribution in [0.4, 0.5) is 0 Å². The van der Waals surface area contributed by atoms with Gasteiger partial charge in [-0.2, -0.15) is 0 Å². The van der Waals surface area contributed by atoms with Crippen LogP contribution in [0.3, 0.4) is 0 Å². The van der Waals surface area contributed by atoms with Crippen LogP contribution in [0.5, 0.6) is 0 Å². The number of fused-ring (bicyclic) bond motifs is 1. The van der Waals surface area contributed by atoms with Crippen molar-refractivity contribution in [2.75, 3.05) is 0 Å². The first kappa shape index (κ1) is 18.2. The van der Waals surface area contributed by atoms with Crippen molar-refractivity contribution in [3.8, 4) is 0 Å². The molecule has 0 aliphatic heterocycles. The van der Waals surface area contributed by atoms with Crippen molar-refractivity contribution >= 4 is 5.57 Å². The number of hydrogen-bond acceptors (Lipinski definition) is 0. The Morgan fingerprint density at radius 3 is 2.16 bits per heavy atom. The Morgan fingerprint density at radius 2 is 1.60 bits per heavy atom. The topological polar surface area (TPSA) is 0 Å². The second kappa shape index (κ2) is 6.63. The molecule has 1 atom stereocenters. The first-order valence-corrected chi connectivity index (χ1v) is 10.1. The van der Waals surface area contributed by atoms with Gasteiger partial charge in [-0.25, -0.2) is 0 Å². The minimum absolute atomic E-state index is 0.149.